The zero-order chi connectivity index (χ0) is 25.5. The van der Waals surface area contributed by atoms with Gasteiger partial charge >= 0.3 is 0 Å². The van der Waals surface area contributed by atoms with Crippen molar-refractivity contribution in [1.82, 2.24) is 0 Å². The van der Waals surface area contributed by atoms with Crippen molar-refractivity contribution in [2.24, 2.45) is 5.92 Å². The summed E-state index contributed by atoms with van der Waals surface area (Å²) < 4.78 is 5.91. The molecule has 2 aliphatic rings. The maximum Gasteiger partial charge on any atom is 0.269 e. The molecular weight excluding hydrogens is 470 g/mol. The number of fused-ring (bicyclic) bond motifs is 5. The summed E-state index contributed by atoms with van der Waals surface area (Å²) in [5, 5.41) is 26.0. The highest BCUT2D eigenvalue weighted by Gasteiger charge is 2.43. The van der Waals surface area contributed by atoms with E-state index in [1.165, 1.54) is 23.3 Å². The highest BCUT2D eigenvalue weighted by Crippen LogP contribution is 2.54. The third-order valence-electron chi connectivity index (χ3n) is 7.39. The van der Waals surface area contributed by atoms with E-state index in [0.29, 0.717) is 12.4 Å². The topological polar surface area (TPSA) is 108 Å². The Balaban J connectivity index is 1.26. The SMILES string of the molecule is O=[N+]([O-])c1ccc(COc2ccc([C@@H]3Nc4ccc([N+](=O)[O-])cc4[C@@H]4c5ccccc5C[C@H]43)cc2)cc1. The number of nitro benzene ring substituents is 2. The van der Waals surface area contributed by atoms with Crippen LogP contribution in [0.1, 0.15) is 39.8 Å². The van der Waals surface area contributed by atoms with Crippen LogP contribution in [0.4, 0.5) is 17.1 Å². The maximum atomic E-state index is 11.5. The Morgan fingerprint density at radius 1 is 0.811 bits per heavy atom. The van der Waals surface area contributed by atoms with Crippen molar-refractivity contribution in [1.29, 1.82) is 0 Å². The first-order chi connectivity index (χ1) is 18.0. The predicted octanol–water partition coefficient (Wildman–Crippen LogP) is 6.55. The fraction of sp³-hybridized carbons (Fsp3) is 0.172. The number of hydrogen-bond donors (Lipinski definition) is 1. The van der Waals surface area contributed by atoms with Crippen molar-refractivity contribution >= 4 is 17.1 Å². The lowest BCUT2D eigenvalue weighted by Crippen LogP contribution is -2.30. The first-order valence-corrected chi connectivity index (χ1v) is 12.1. The molecule has 0 bridgehead atoms. The molecule has 0 spiro atoms. The van der Waals surface area contributed by atoms with Gasteiger partial charge in [0, 0.05) is 35.9 Å². The fourth-order valence-electron chi connectivity index (χ4n) is 5.64. The molecule has 37 heavy (non-hydrogen) atoms. The van der Waals surface area contributed by atoms with Crippen LogP contribution in [0.2, 0.25) is 0 Å². The van der Waals surface area contributed by atoms with E-state index in [2.05, 4.69) is 29.6 Å². The summed E-state index contributed by atoms with van der Waals surface area (Å²) in [6.07, 6.45) is 0.888. The molecule has 1 N–H and O–H groups in total. The average Bonchev–Trinajstić information content (AvgIpc) is 3.32. The summed E-state index contributed by atoms with van der Waals surface area (Å²) in [6, 6.07) is 27.8. The molecule has 4 aromatic carbocycles. The lowest BCUT2D eigenvalue weighted by molar-refractivity contribution is -0.385. The molecule has 1 aliphatic carbocycles. The molecule has 4 aromatic rings. The Kier molecular flexibility index (Phi) is 5.56. The first kappa shape index (κ1) is 22.7. The second-order valence-electron chi connectivity index (χ2n) is 9.48. The smallest absolute Gasteiger partial charge is 0.269 e. The number of anilines is 1. The van der Waals surface area contributed by atoms with Crippen LogP contribution >= 0.6 is 0 Å². The Hall–Kier alpha value is -4.72. The van der Waals surface area contributed by atoms with Crippen molar-refractivity contribution in [3.63, 3.8) is 0 Å². The van der Waals surface area contributed by atoms with Crippen LogP contribution in [0.25, 0.3) is 0 Å². The van der Waals surface area contributed by atoms with Gasteiger partial charge < -0.3 is 10.1 Å². The molecule has 6 rings (SSSR count). The maximum absolute atomic E-state index is 11.5. The van der Waals surface area contributed by atoms with Crippen molar-refractivity contribution in [2.75, 3.05) is 5.32 Å². The van der Waals surface area contributed by atoms with Crippen LogP contribution < -0.4 is 10.1 Å². The molecule has 1 aliphatic heterocycles. The number of non-ortho nitro benzene ring substituents is 2. The van der Waals surface area contributed by atoms with E-state index in [1.807, 2.05) is 30.3 Å². The Bertz CT molecular complexity index is 1500. The lowest BCUT2D eigenvalue weighted by Gasteiger charge is -2.38. The van der Waals surface area contributed by atoms with Gasteiger partial charge in [0.05, 0.1) is 15.9 Å². The number of nitrogens with one attached hydrogen (secondary N) is 1. The van der Waals surface area contributed by atoms with E-state index >= 15 is 0 Å². The third-order valence-corrected chi connectivity index (χ3v) is 7.39. The summed E-state index contributed by atoms with van der Waals surface area (Å²) in [5.41, 5.74) is 6.55. The fourth-order valence-corrected chi connectivity index (χ4v) is 5.64. The van der Waals surface area contributed by atoms with Gasteiger partial charge in [-0.15, -0.1) is 0 Å². The standard InChI is InChI=1S/C29H23N3O5/c33-31(34)21-9-5-18(6-10-21)17-37-23-12-7-19(8-13-23)29-26-15-20-3-1-2-4-24(20)28(26)25-16-22(32(35)36)11-14-27(25)30-29/h1-14,16,26,28-30H,15,17H2/t26-,28+,29+/m1/s1. The molecule has 1 heterocycles. The van der Waals surface area contributed by atoms with E-state index in [4.69, 9.17) is 4.74 Å². The molecule has 0 unspecified atom stereocenters. The van der Waals surface area contributed by atoms with Crippen molar-refractivity contribution in [3.8, 4) is 5.75 Å². The average molecular weight is 494 g/mol. The molecule has 0 saturated heterocycles. The molecule has 0 saturated carbocycles. The van der Waals surface area contributed by atoms with Gasteiger partial charge in [-0.2, -0.15) is 0 Å². The summed E-state index contributed by atoms with van der Waals surface area (Å²) in [7, 11) is 0. The van der Waals surface area contributed by atoms with Crippen molar-refractivity contribution < 1.29 is 14.6 Å². The van der Waals surface area contributed by atoms with Crippen LogP contribution in [0.3, 0.4) is 0 Å². The van der Waals surface area contributed by atoms with Gasteiger partial charge in [0.2, 0.25) is 0 Å². The largest absolute Gasteiger partial charge is 0.489 e. The minimum Gasteiger partial charge on any atom is -0.489 e. The molecular formula is C29H23N3O5. The first-order valence-electron chi connectivity index (χ1n) is 12.1. The van der Waals surface area contributed by atoms with E-state index in [0.717, 1.165) is 28.8 Å². The zero-order valence-corrected chi connectivity index (χ0v) is 19.7. The van der Waals surface area contributed by atoms with Gasteiger partial charge in [-0.1, -0.05) is 36.4 Å². The monoisotopic (exact) mass is 493 g/mol. The van der Waals surface area contributed by atoms with Gasteiger partial charge in [-0.25, -0.2) is 0 Å². The van der Waals surface area contributed by atoms with Gasteiger partial charge in [-0.05, 0) is 70.5 Å². The molecule has 0 fully saturated rings. The summed E-state index contributed by atoms with van der Waals surface area (Å²) in [5.74, 6) is 1.01. The number of hydrogen-bond acceptors (Lipinski definition) is 6. The third kappa shape index (κ3) is 4.16. The van der Waals surface area contributed by atoms with Crippen LogP contribution in [0, 0.1) is 26.1 Å². The van der Waals surface area contributed by atoms with Gasteiger partial charge in [0.15, 0.2) is 0 Å². The molecule has 184 valence electrons. The van der Waals surface area contributed by atoms with E-state index in [1.54, 1.807) is 24.3 Å². The number of ether oxygens (including phenoxy) is 1. The highest BCUT2D eigenvalue weighted by atomic mass is 16.6. The van der Waals surface area contributed by atoms with Gasteiger partial charge in [0.25, 0.3) is 11.4 Å². The molecule has 0 aromatic heterocycles. The normalized spacial score (nSPS) is 19.2. The van der Waals surface area contributed by atoms with Crippen LogP contribution in [0.15, 0.2) is 91.0 Å². The summed E-state index contributed by atoms with van der Waals surface area (Å²) in [4.78, 5) is 21.6. The van der Waals surface area contributed by atoms with Gasteiger partial charge in [0.1, 0.15) is 12.4 Å². The second kappa shape index (κ2) is 9.05. The van der Waals surface area contributed by atoms with Crippen molar-refractivity contribution in [3.05, 3.63) is 139 Å². The predicted molar refractivity (Wildman–Crippen MR) is 139 cm³/mol. The second-order valence-corrected chi connectivity index (χ2v) is 9.48. The Morgan fingerprint density at radius 3 is 2.24 bits per heavy atom. The number of nitrogens with zero attached hydrogens (tertiary/aromatic N) is 2. The minimum absolute atomic E-state index is 0.0371. The van der Waals surface area contributed by atoms with E-state index < -0.39 is 4.92 Å². The molecule has 3 atom stereocenters. The van der Waals surface area contributed by atoms with Gasteiger partial charge in [-0.3, -0.25) is 20.2 Å². The quantitative estimate of drug-likeness (QED) is 0.241. The summed E-state index contributed by atoms with van der Waals surface area (Å²) in [6.45, 7) is 0.311. The lowest BCUT2D eigenvalue weighted by atomic mass is 9.75. The molecule has 8 nitrogen and oxygen atoms in total. The minimum atomic E-state index is -0.421. The summed E-state index contributed by atoms with van der Waals surface area (Å²) >= 11 is 0. The Morgan fingerprint density at radius 2 is 1.51 bits per heavy atom. The highest BCUT2D eigenvalue weighted by molar-refractivity contribution is 5.65. The molecule has 8 heteroatoms. The number of nitro groups is 2. The number of rotatable bonds is 6. The van der Waals surface area contributed by atoms with Crippen molar-refractivity contribution in [2.45, 2.75) is 25.0 Å². The zero-order valence-electron chi connectivity index (χ0n) is 19.7. The molecule has 0 radical (unpaired) electrons. The van der Waals surface area contributed by atoms with Crippen LogP contribution in [0.5, 0.6) is 5.75 Å². The van der Waals surface area contributed by atoms with E-state index in [9.17, 15) is 20.2 Å². The number of benzene rings is 4. The van der Waals surface area contributed by atoms with Crippen LogP contribution in [-0.4, -0.2) is 9.85 Å². The van der Waals surface area contributed by atoms with E-state index in [-0.39, 0.29) is 34.2 Å². The molecule has 0 amide bonds. The van der Waals surface area contributed by atoms with Crippen LogP contribution in [-0.2, 0) is 13.0 Å². The Labute approximate surface area is 212 Å².